The van der Waals surface area contributed by atoms with Crippen LogP contribution in [0, 0.1) is 0 Å². The molecule has 5 heteroatoms. The molecule has 5 nitrogen and oxygen atoms in total. The van der Waals surface area contributed by atoms with E-state index in [-0.39, 0.29) is 11.5 Å². The largest absolute Gasteiger partial charge is 0.478 e. The van der Waals surface area contributed by atoms with E-state index in [4.69, 9.17) is 5.11 Å². The summed E-state index contributed by atoms with van der Waals surface area (Å²) >= 11 is 0. The molecule has 1 amide bonds. The lowest BCUT2D eigenvalue weighted by atomic mass is 10.0. The number of carboxylic acid groups (broad SMARTS) is 1. The number of aromatic carboxylic acids is 1. The Morgan fingerprint density at radius 1 is 1.21 bits per heavy atom. The summed E-state index contributed by atoms with van der Waals surface area (Å²) in [5.41, 5.74) is 1.45. The highest BCUT2D eigenvalue weighted by Crippen LogP contribution is 2.27. The molecule has 2 rings (SSSR count). The molecular formula is C14H12N2O3. The van der Waals surface area contributed by atoms with Crippen molar-refractivity contribution >= 4 is 17.7 Å². The van der Waals surface area contributed by atoms with Crippen molar-refractivity contribution < 1.29 is 14.7 Å². The molecule has 96 valence electrons. The number of carbonyl (C=O) groups is 2. The highest BCUT2D eigenvalue weighted by atomic mass is 16.4. The van der Waals surface area contributed by atoms with E-state index in [1.54, 1.807) is 0 Å². The van der Waals surface area contributed by atoms with Gasteiger partial charge in [-0.05, 0) is 11.6 Å². The van der Waals surface area contributed by atoms with Crippen LogP contribution in [0.3, 0.4) is 0 Å². The van der Waals surface area contributed by atoms with E-state index in [9.17, 15) is 9.59 Å². The quantitative estimate of drug-likeness (QED) is 0.883. The average molecular weight is 256 g/mol. The third kappa shape index (κ3) is 2.95. The molecule has 19 heavy (non-hydrogen) atoms. The van der Waals surface area contributed by atoms with Crippen LogP contribution in [0.15, 0.2) is 42.6 Å². The Hall–Kier alpha value is -2.69. The topological polar surface area (TPSA) is 79.3 Å². The van der Waals surface area contributed by atoms with Crippen LogP contribution in [0.5, 0.6) is 0 Å². The first-order valence-electron chi connectivity index (χ1n) is 5.64. The van der Waals surface area contributed by atoms with E-state index in [0.29, 0.717) is 11.4 Å². The lowest BCUT2D eigenvalue weighted by Gasteiger charge is -2.10. The summed E-state index contributed by atoms with van der Waals surface area (Å²) in [6.07, 6.45) is 1.22. The van der Waals surface area contributed by atoms with Crippen LogP contribution < -0.4 is 5.32 Å². The second-order valence-corrected chi connectivity index (χ2v) is 3.97. The van der Waals surface area contributed by atoms with Crippen LogP contribution in [-0.2, 0) is 4.79 Å². The average Bonchev–Trinajstić information content (AvgIpc) is 2.39. The summed E-state index contributed by atoms with van der Waals surface area (Å²) < 4.78 is 0. The molecule has 2 N–H and O–H groups in total. The van der Waals surface area contributed by atoms with Crippen molar-refractivity contribution in [3.8, 4) is 11.1 Å². The number of nitrogens with one attached hydrogen (secondary N) is 1. The van der Waals surface area contributed by atoms with Gasteiger partial charge >= 0.3 is 5.97 Å². The number of anilines is 1. The molecule has 0 atom stereocenters. The SMILES string of the molecule is CC(=O)Nc1ncc(C(=O)O)cc1-c1ccccc1. The Labute approximate surface area is 109 Å². The first kappa shape index (κ1) is 12.8. The molecule has 0 aliphatic heterocycles. The van der Waals surface area contributed by atoms with E-state index in [0.717, 1.165) is 5.56 Å². The van der Waals surface area contributed by atoms with Gasteiger partial charge in [-0.3, -0.25) is 4.79 Å². The molecule has 1 aromatic heterocycles. The Morgan fingerprint density at radius 2 is 1.89 bits per heavy atom. The van der Waals surface area contributed by atoms with Crippen molar-refractivity contribution in [1.82, 2.24) is 4.98 Å². The summed E-state index contributed by atoms with van der Waals surface area (Å²) in [5.74, 6) is -0.962. The van der Waals surface area contributed by atoms with Crippen molar-refractivity contribution in [3.63, 3.8) is 0 Å². The molecule has 1 aromatic carbocycles. The van der Waals surface area contributed by atoms with Gasteiger partial charge in [0.2, 0.25) is 5.91 Å². The fourth-order valence-corrected chi connectivity index (χ4v) is 1.69. The van der Waals surface area contributed by atoms with Gasteiger partial charge in [0.15, 0.2) is 0 Å². The first-order chi connectivity index (χ1) is 9.08. The van der Waals surface area contributed by atoms with Gasteiger partial charge in [0.25, 0.3) is 0 Å². The van der Waals surface area contributed by atoms with E-state index in [1.165, 1.54) is 19.2 Å². The Kier molecular flexibility index (Phi) is 3.56. The predicted octanol–water partition coefficient (Wildman–Crippen LogP) is 2.41. The number of carbonyl (C=O) groups excluding carboxylic acids is 1. The van der Waals surface area contributed by atoms with Gasteiger partial charge in [0.1, 0.15) is 5.82 Å². The van der Waals surface area contributed by atoms with Crippen LogP contribution in [0.2, 0.25) is 0 Å². The van der Waals surface area contributed by atoms with Crippen molar-refractivity contribution in [3.05, 3.63) is 48.2 Å². The number of benzene rings is 1. The van der Waals surface area contributed by atoms with Crippen LogP contribution >= 0.6 is 0 Å². The van der Waals surface area contributed by atoms with Gasteiger partial charge in [-0.25, -0.2) is 9.78 Å². The summed E-state index contributed by atoms with van der Waals surface area (Å²) in [6.45, 7) is 1.38. The maximum absolute atomic E-state index is 11.1. The molecule has 2 aromatic rings. The Morgan fingerprint density at radius 3 is 2.47 bits per heavy atom. The van der Waals surface area contributed by atoms with Crippen molar-refractivity contribution in [2.75, 3.05) is 5.32 Å². The third-order valence-electron chi connectivity index (χ3n) is 2.51. The fourth-order valence-electron chi connectivity index (χ4n) is 1.69. The number of aromatic nitrogens is 1. The van der Waals surface area contributed by atoms with Gasteiger partial charge in [-0.1, -0.05) is 30.3 Å². The molecule has 0 fully saturated rings. The monoisotopic (exact) mass is 256 g/mol. The summed E-state index contributed by atoms with van der Waals surface area (Å²) in [6, 6.07) is 10.7. The van der Waals surface area contributed by atoms with Crippen molar-refractivity contribution in [2.24, 2.45) is 0 Å². The lowest BCUT2D eigenvalue weighted by Crippen LogP contribution is -2.10. The highest BCUT2D eigenvalue weighted by molar-refractivity contribution is 5.95. The zero-order valence-electron chi connectivity index (χ0n) is 10.3. The predicted molar refractivity (Wildman–Crippen MR) is 70.9 cm³/mol. The van der Waals surface area contributed by atoms with Gasteiger partial charge in [0.05, 0.1) is 5.56 Å². The smallest absolute Gasteiger partial charge is 0.337 e. The number of nitrogens with zero attached hydrogens (tertiary/aromatic N) is 1. The molecule has 0 saturated carbocycles. The molecule has 0 spiro atoms. The minimum atomic E-state index is -1.06. The molecule has 0 bridgehead atoms. The normalized spacial score (nSPS) is 9.95. The number of hydrogen-bond donors (Lipinski definition) is 2. The highest BCUT2D eigenvalue weighted by Gasteiger charge is 2.12. The molecule has 0 saturated heterocycles. The molecule has 0 aliphatic rings. The number of amides is 1. The van der Waals surface area contributed by atoms with Crippen molar-refractivity contribution in [1.29, 1.82) is 0 Å². The number of rotatable bonds is 3. The van der Waals surface area contributed by atoms with E-state index in [2.05, 4.69) is 10.3 Å². The molecular weight excluding hydrogens is 244 g/mol. The van der Waals surface area contributed by atoms with Crippen LogP contribution in [0.1, 0.15) is 17.3 Å². The van der Waals surface area contributed by atoms with E-state index >= 15 is 0 Å². The molecule has 1 heterocycles. The maximum Gasteiger partial charge on any atom is 0.337 e. The van der Waals surface area contributed by atoms with Gasteiger partial charge in [0, 0.05) is 18.7 Å². The zero-order valence-corrected chi connectivity index (χ0v) is 10.3. The molecule has 0 aliphatic carbocycles. The second kappa shape index (κ2) is 5.30. The van der Waals surface area contributed by atoms with Crippen LogP contribution in [0.4, 0.5) is 5.82 Å². The molecule has 0 radical (unpaired) electrons. The summed E-state index contributed by atoms with van der Waals surface area (Å²) in [4.78, 5) is 26.1. The minimum Gasteiger partial charge on any atom is -0.478 e. The zero-order chi connectivity index (χ0) is 13.8. The molecule has 0 unspecified atom stereocenters. The van der Waals surface area contributed by atoms with Gasteiger partial charge in [-0.2, -0.15) is 0 Å². The Bertz CT molecular complexity index is 624. The van der Waals surface area contributed by atoms with Gasteiger partial charge < -0.3 is 10.4 Å². The summed E-state index contributed by atoms with van der Waals surface area (Å²) in [5, 5.41) is 11.6. The lowest BCUT2D eigenvalue weighted by molar-refractivity contribution is -0.114. The van der Waals surface area contributed by atoms with Crippen LogP contribution in [-0.4, -0.2) is 22.0 Å². The van der Waals surface area contributed by atoms with Crippen molar-refractivity contribution in [2.45, 2.75) is 6.92 Å². The number of hydrogen-bond acceptors (Lipinski definition) is 3. The second-order valence-electron chi connectivity index (χ2n) is 3.97. The van der Waals surface area contributed by atoms with Gasteiger partial charge in [-0.15, -0.1) is 0 Å². The fraction of sp³-hybridized carbons (Fsp3) is 0.0714. The standard InChI is InChI=1S/C14H12N2O3/c1-9(17)16-13-12(10-5-3-2-4-6-10)7-11(8-15-13)14(18)19/h2-8H,1H3,(H,18,19)(H,15,16,17). The van der Waals surface area contributed by atoms with E-state index < -0.39 is 5.97 Å². The summed E-state index contributed by atoms with van der Waals surface area (Å²) in [7, 11) is 0. The number of carboxylic acids is 1. The Balaban J connectivity index is 2.56. The maximum atomic E-state index is 11.1. The first-order valence-corrected chi connectivity index (χ1v) is 5.64. The number of pyridine rings is 1. The van der Waals surface area contributed by atoms with E-state index in [1.807, 2.05) is 30.3 Å². The minimum absolute atomic E-state index is 0.0768. The van der Waals surface area contributed by atoms with Crippen LogP contribution in [0.25, 0.3) is 11.1 Å². The third-order valence-corrected chi connectivity index (χ3v) is 2.51.